The Morgan fingerprint density at radius 1 is 0.836 bits per heavy atom. The normalized spacial score (nSPS) is 13.3. The van der Waals surface area contributed by atoms with Crippen LogP contribution in [0.5, 0.6) is 0 Å². The van der Waals surface area contributed by atoms with Crippen LogP contribution in [0.4, 0.5) is 10.1 Å². The lowest BCUT2D eigenvalue weighted by molar-refractivity contribution is 0.0950. The monoisotopic (exact) mass is 746 g/mol. The van der Waals surface area contributed by atoms with Gasteiger partial charge in [0.1, 0.15) is 5.82 Å². The minimum Gasteiger partial charge on any atom is -0.381 e. The molecule has 6 rings (SSSR count). The van der Waals surface area contributed by atoms with E-state index in [4.69, 9.17) is 4.98 Å². The van der Waals surface area contributed by atoms with E-state index in [0.29, 0.717) is 29.7 Å². The van der Waals surface area contributed by atoms with Crippen molar-refractivity contribution in [1.29, 1.82) is 0 Å². The molecule has 3 aromatic carbocycles. The second kappa shape index (κ2) is 19.0. The van der Waals surface area contributed by atoms with Crippen molar-refractivity contribution in [2.24, 2.45) is 0 Å². The van der Waals surface area contributed by atoms with E-state index in [9.17, 15) is 14.0 Å². The third kappa shape index (κ3) is 9.95. The Labute approximate surface area is 324 Å². The van der Waals surface area contributed by atoms with E-state index in [0.717, 1.165) is 97.5 Å². The summed E-state index contributed by atoms with van der Waals surface area (Å²) >= 11 is 0. The largest absolute Gasteiger partial charge is 0.381 e. The fraction of sp³-hybridized carbons (Fsp3) is 0.409. The first kappa shape index (κ1) is 39.6. The van der Waals surface area contributed by atoms with E-state index in [1.807, 2.05) is 29.1 Å². The molecule has 1 saturated heterocycles. The van der Waals surface area contributed by atoms with E-state index < -0.39 is 0 Å². The Morgan fingerprint density at radius 3 is 2.22 bits per heavy atom. The van der Waals surface area contributed by atoms with Crippen LogP contribution in [0, 0.1) is 5.82 Å². The Hall–Kier alpha value is -5.13. The fourth-order valence-electron chi connectivity index (χ4n) is 7.50. The maximum absolute atomic E-state index is 14.9. The molecular weight excluding hydrogens is 692 g/mol. The molecule has 1 fully saturated rings. The standard InChI is InChI=1S/C44H55FN8O2/c1-5-11-37(12-6-2)50-41-38(40(7-3)51-42-39(41)28-49-53(42)8-4)27-48-44(55)34-16-10-15-33(24-34)43(54)47-26-31-22-35(25-36(45)23-31)32-14-9-13-30(21-32)29-52-19-17-46-18-20-52/h9-10,13-16,21-25,28,37,46H,5-8,11-12,17-20,26-27,29H2,1-4H3,(H,47,54)(H,48,55)(H,50,51). The van der Waals surface area contributed by atoms with Gasteiger partial charge < -0.3 is 21.3 Å². The van der Waals surface area contributed by atoms with Crippen LogP contribution in [0.3, 0.4) is 0 Å². The van der Waals surface area contributed by atoms with Gasteiger partial charge in [-0.2, -0.15) is 5.10 Å². The lowest BCUT2D eigenvalue weighted by Gasteiger charge is -2.27. The van der Waals surface area contributed by atoms with E-state index in [1.165, 1.54) is 17.7 Å². The van der Waals surface area contributed by atoms with Gasteiger partial charge in [0.05, 0.1) is 17.3 Å². The summed E-state index contributed by atoms with van der Waals surface area (Å²) in [6, 6.07) is 20.1. The van der Waals surface area contributed by atoms with Gasteiger partial charge >= 0.3 is 0 Å². The lowest BCUT2D eigenvalue weighted by Crippen LogP contribution is -2.42. The van der Waals surface area contributed by atoms with Gasteiger partial charge in [0, 0.05) is 80.8 Å². The van der Waals surface area contributed by atoms with E-state index in [1.54, 1.807) is 24.3 Å². The summed E-state index contributed by atoms with van der Waals surface area (Å²) in [4.78, 5) is 34.4. The van der Waals surface area contributed by atoms with Crippen LogP contribution in [-0.2, 0) is 32.6 Å². The van der Waals surface area contributed by atoms with Gasteiger partial charge in [0.15, 0.2) is 5.65 Å². The van der Waals surface area contributed by atoms with Crippen molar-refractivity contribution in [3.63, 3.8) is 0 Å². The van der Waals surface area contributed by atoms with Gasteiger partial charge in [-0.3, -0.25) is 14.5 Å². The Kier molecular flexibility index (Phi) is 13.6. The first-order valence-corrected chi connectivity index (χ1v) is 19.9. The molecule has 55 heavy (non-hydrogen) atoms. The molecule has 2 aromatic heterocycles. The number of halogens is 1. The molecule has 10 nitrogen and oxygen atoms in total. The number of fused-ring (bicyclic) bond motifs is 1. The molecule has 11 heteroatoms. The summed E-state index contributed by atoms with van der Waals surface area (Å²) in [5, 5.41) is 18.8. The number of nitrogens with zero attached hydrogens (tertiary/aromatic N) is 4. The summed E-state index contributed by atoms with van der Waals surface area (Å²) in [5.41, 5.74) is 7.92. The number of hydrogen-bond donors (Lipinski definition) is 4. The highest BCUT2D eigenvalue weighted by Crippen LogP contribution is 2.31. The second-order valence-electron chi connectivity index (χ2n) is 14.4. The van der Waals surface area contributed by atoms with Crippen molar-refractivity contribution >= 4 is 28.5 Å². The topological polar surface area (TPSA) is 116 Å². The van der Waals surface area contributed by atoms with Crippen molar-refractivity contribution in [2.75, 3.05) is 31.5 Å². The van der Waals surface area contributed by atoms with E-state index in [-0.39, 0.29) is 36.8 Å². The molecular formula is C44H55FN8O2. The van der Waals surface area contributed by atoms with Gasteiger partial charge in [0.25, 0.3) is 11.8 Å². The smallest absolute Gasteiger partial charge is 0.251 e. The number of piperazine rings is 1. The molecule has 1 aliphatic rings. The van der Waals surface area contributed by atoms with Crippen molar-refractivity contribution in [3.8, 4) is 11.1 Å². The van der Waals surface area contributed by atoms with Crippen molar-refractivity contribution in [1.82, 2.24) is 35.6 Å². The molecule has 4 N–H and O–H groups in total. The number of rotatable bonds is 17. The molecule has 0 saturated carbocycles. The van der Waals surface area contributed by atoms with Crippen LogP contribution in [0.15, 0.2) is 72.9 Å². The predicted molar refractivity (Wildman–Crippen MR) is 219 cm³/mol. The lowest BCUT2D eigenvalue weighted by atomic mass is 10.0. The molecule has 2 amide bonds. The number of anilines is 1. The molecule has 0 aliphatic carbocycles. The summed E-state index contributed by atoms with van der Waals surface area (Å²) < 4.78 is 16.8. The summed E-state index contributed by atoms with van der Waals surface area (Å²) in [6.45, 7) is 14.4. The average molecular weight is 747 g/mol. The van der Waals surface area contributed by atoms with Gasteiger partial charge in [0.2, 0.25) is 0 Å². The quantitative estimate of drug-likeness (QED) is 0.0781. The third-order valence-electron chi connectivity index (χ3n) is 10.3. The predicted octanol–water partition coefficient (Wildman–Crippen LogP) is 7.47. The number of nitrogens with one attached hydrogen (secondary N) is 4. The number of carbonyl (C=O) groups excluding carboxylic acids is 2. The van der Waals surface area contributed by atoms with Crippen LogP contribution in [-0.4, -0.2) is 63.7 Å². The molecule has 0 spiro atoms. The number of carbonyl (C=O) groups is 2. The van der Waals surface area contributed by atoms with Crippen LogP contribution < -0.4 is 21.3 Å². The zero-order valence-corrected chi connectivity index (χ0v) is 32.7. The SMILES string of the molecule is CCCC(CCC)Nc1c(CNC(=O)c2cccc(C(=O)NCc3cc(F)cc(-c4cccc(CN5CCNCC5)c4)c3)c2)c(CC)nc2c1cnn2CC. The van der Waals surface area contributed by atoms with Crippen LogP contribution in [0.1, 0.15) is 96.5 Å². The van der Waals surface area contributed by atoms with Crippen molar-refractivity contribution < 1.29 is 14.0 Å². The number of pyridine rings is 1. The van der Waals surface area contributed by atoms with Crippen LogP contribution >= 0.6 is 0 Å². The van der Waals surface area contributed by atoms with E-state index in [2.05, 4.69) is 71.1 Å². The zero-order valence-electron chi connectivity index (χ0n) is 32.7. The minimum atomic E-state index is -0.364. The molecule has 0 unspecified atom stereocenters. The third-order valence-corrected chi connectivity index (χ3v) is 10.3. The first-order chi connectivity index (χ1) is 26.8. The molecule has 5 aromatic rings. The highest BCUT2D eigenvalue weighted by Gasteiger charge is 2.21. The summed E-state index contributed by atoms with van der Waals surface area (Å²) in [6.07, 6.45) is 6.76. The minimum absolute atomic E-state index is 0.136. The summed E-state index contributed by atoms with van der Waals surface area (Å²) in [5.74, 6) is -1.00. The van der Waals surface area contributed by atoms with Gasteiger partial charge in [-0.05, 0) is 90.9 Å². The molecule has 0 radical (unpaired) electrons. The van der Waals surface area contributed by atoms with Gasteiger partial charge in [-0.25, -0.2) is 14.1 Å². The van der Waals surface area contributed by atoms with Crippen molar-refractivity contribution in [2.45, 2.75) is 92.0 Å². The number of benzene rings is 3. The van der Waals surface area contributed by atoms with Crippen molar-refractivity contribution in [3.05, 3.63) is 112 Å². The van der Waals surface area contributed by atoms with Gasteiger partial charge in [-0.15, -0.1) is 0 Å². The number of aromatic nitrogens is 3. The molecule has 1 aliphatic heterocycles. The maximum Gasteiger partial charge on any atom is 0.251 e. The molecule has 0 atom stereocenters. The Balaban J connectivity index is 1.14. The zero-order chi connectivity index (χ0) is 38.7. The van der Waals surface area contributed by atoms with Crippen LogP contribution in [0.2, 0.25) is 0 Å². The summed E-state index contributed by atoms with van der Waals surface area (Å²) in [7, 11) is 0. The van der Waals surface area contributed by atoms with Gasteiger partial charge in [-0.1, -0.05) is 57.9 Å². The second-order valence-corrected chi connectivity index (χ2v) is 14.4. The highest BCUT2D eigenvalue weighted by atomic mass is 19.1. The fourth-order valence-corrected chi connectivity index (χ4v) is 7.50. The number of amides is 2. The average Bonchev–Trinajstić information content (AvgIpc) is 3.62. The number of hydrogen-bond acceptors (Lipinski definition) is 7. The Morgan fingerprint density at radius 2 is 1.53 bits per heavy atom. The van der Waals surface area contributed by atoms with E-state index >= 15 is 0 Å². The molecule has 3 heterocycles. The number of aryl methyl sites for hydroxylation is 2. The maximum atomic E-state index is 14.9. The molecule has 290 valence electrons. The Bertz CT molecular complexity index is 2080. The molecule has 0 bridgehead atoms. The van der Waals surface area contributed by atoms with Crippen LogP contribution in [0.25, 0.3) is 22.2 Å². The highest BCUT2D eigenvalue weighted by molar-refractivity contribution is 6.00. The first-order valence-electron chi connectivity index (χ1n) is 19.9.